The van der Waals surface area contributed by atoms with Gasteiger partial charge in [0, 0.05) is 19.3 Å². The lowest BCUT2D eigenvalue weighted by Crippen LogP contribution is -2.31. The number of rotatable bonds is 1. The first kappa shape index (κ1) is 8.30. The summed E-state index contributed by atoms with van der Waals surface area (Å²) in [6.07, 6.45) is 8.23. The molecule has 0 amide bonds. The van der Waals surface area contributed by atoms with Gasteiger partial charge in [-0.1, -0.05) is 19.1 Å². The fraction of sp³-hybridized carbons (Fsp3) is 0.364. The largest absolute Gasteiger partial charge is 0.366 e. The summed E-state index contributed by atoms with van der Waals surface area (Å²) >= 11 is 0. The van der Waals surface area contributed by atoms with E-state index in [1.54, 1.807) is 0 Å². The minimum absolute atomic E-state index is 0.647. The lowest BCUT2D eigenvalue weighted by atomic mass is 10.1. The van der Waals surface area contributed by atoms with E-state index in [2.05, 4.69) is 35.0 Å². The van der Waals surface area contributed by atoms with E-state index in [0.29, 0.717) is 5.92 Å². The van der Waals surface area contributed by atoms with Gasteiger partial charge in [-0.15, -0.1) is 0 Å². The van der Waals surface area contributed by atoms with Gasteiger partial charge in [-0.05, 0) is 18.1 Å². The van der Waals surface area contributed by atoms with E-state index in [-0.39, 0.29) is 0 Å². The number of aromatic nitrogens is 1. The molecule has 13 heavy (non-hydrogen) atoms. The van der Waals surface area contributed by atoms with E-state index in [1.807, 2.05) is 18.5 Å². The van der Waals surface area contributed by atoms with Crippen molar-refractivity contribution < 1.29 is 0 Å². The molecule has 0 bridgehead atoms. The summed E-state index contributed by atoms with van der Waals surface area (Å²) in [5.74, 6) is 0.647. The minimum atomic E-state index is 0.647. The average Bonchev–Trinajstić information content (AvgIpc) is 2.19. The van der Waals surface area contributed by atoms with Crippen LogP contribution in [0.25, 0.3) is 0 Å². The third kappa shape index (κ3) is 1.89. The number of hydrogen-bond acceptors (Lipinski definition) is 2. The summed E-state index contributed by atoms with van der Waals surface area (Å²) in [6, 6.07) is 4.09. The van der Waals surface area contributed by atoms with Gasteiger partial charge in [-0.25, -0.2) is 0 Å². The zero-order valence-corrected chi connectivity index (χ0v) is 7.85. The summed E-state index contributed by atoms with van der Waals surface area (Å²) in [4.78, 5) is 6.46. The van der Waals surface area contributed by atoms with Crippen molar-refractivity contribution in [3.63, 3.8) is 0 Å². The van der Waals surface area contributed by atoms with Gasteiger partial charge in [0.15, 0.2) is 0 Å². The normalized spacial score (nSPS) is 21.9. The van der Waals surface area contributed by atoms with E-state index in [1.165, 1.54) is 5.69 Å². The smallest absolute Gasteiger partial charge is 0.0555 e. The van der Waals surface area contributed by atoms with Gasteiger partial charge in [0.1, 0.15) is 0 Å². The van der Waals surface area contributed by atoms with Crippen LogP contribution in [0.5, 0.6) is 0 Å². The molecule has 1 aliphatic rings. The molecular weight excluding hydrogens is 160 g/mol. The van der Waals surface area contributed by atoms with Crippen molar-refractivity contribution in [2.75, 3.05) is 18.0 Å². The molecule has 2 heteroatoms. The third-order valence-corrected chi connectivity index (χ3v) is 2.31. The van der Waals surface area contributed by atoms with Gasteiger partial charge in [-0.3, -0.25) is 4.98 Å². The van der Waals surface area contributed by atoms with Crippen molar-refractivity contribution in [1.29, 1.82) is 0 Å². The highest BCUT2D eigenvalue weighted by Gasteiger charge is 2.11. The Balaban J connectivity index is 2.15. The van der Waals surface area contributed by atoms with Crippen LogP contribution in [0.2, 0.25) is 0 Å². The highest BCUT2D eigenvalue weighted by Crippen LogP contribution is 2.17. The zero-order chi connectivity index (χ0) is 9.10. The van der Waals surface area contributed by atoms with E-state index in [9.17, 15) is 0 Å². The summed E-state index contributed by atoms with van der Waals surface area (Å²) < 4.78 is 0. The molecule has 0 fully saturated rings. The molecule has 1 aliphatic heterocycles. The van der Waals surface area contributed by atoms with Crippen molar-refractivity contribution in [2.24, 2.45) is 5.92 Å². The van der Waals surface area contributed by atoms with Gasteiger partial charge in [-0.2, -0.15) is 0 Å². The molecule has 0 saturated heterocycles. The minimum Gasteiger partial charge on any atom is -0.366 e. The Kier molecular flexibility index (Phi) is 2.30. The van der Waals surface area contributed by atoms with Gasteiger partial charge in [0.05, 0.1) is 11.9 Å². The van der Waals surface area contributed by atoms with Crippen LogP contribution in [0.4, 0.5) is 5.69 Å². The summed E-state index contributed by atoms with van der Waals surface area (Å²) in [5.41, 5.74) is 1.22. The number of anilines is 1. The fourth-order valence-electron chi connectivity index (χ4n) is 1.66. The van der Waals surface area contributed by atoms with Gasteiger partial charge < -0.3 is 4.90 Å². The van der Waals surface area contributed by atoms with Crippen LogP contribution in [0, 0.1) is 5.92 Å². The summed E-state index contributed by atoms with van der Waals surface area (Å²) in [6.45, 7) is 4.34. The van der Waals surface area contributed by atoms with Crippen molar-refractivity contribution in [3.8, 4) is 0 Å². The maximum Gasteiger partial charge on any atom is 0.0555 e. The zero-order valence-electron chi connectivity index (χ0n) is 7.85. The van der Waals surface area contributed by atoms with Crippen molar-refractivity contribution in [3.05, 3.63) is 36.7 Å². The highest BCUT2D eigenvalue weighted by molar-refractivity contribution is 5.45. The SMILES string of the molecule is CC1C=CCN(c2cccnc2)C1. The van der Waals surface area contributed by atoms with Crippen molar-refractivity contribution >= 4 is 5.69 Å². The Bertz CT molecular complexity index is 292. The van der Waals surface area contributed by atoms with Crippen LogP contribution in [0.3, 0.4) is 0 Å². The lowest BCUT2D eigenvalue weighted by Gasteiger charge is -2.28. The Hall–Kier alpha value is -1.31. The first-order chi connectivity index (χ1) is 6.36. The summed E-state index contributed by atoms with van der Waals surface area (Å²) in [5, 5.41) is 0. The second-order valence-corrected chi connectivity index (χ2v) is 3.52. The molecule has 68 valence electrons. The van der Waals surface area contributed by atoms with Crippen LogP contribution in [-0.2, 0) is 0 Å². The number of pyridine rings is 1. The molecule has 0 radical (unpaired) electrons. The van der Waals surface area contributed by atoms with Crippen LogP contribution in [0.15, 0.2) is 36.7 Å². The second-order valence-electron chi connectivity index (χ2n) is 3.52. The number of hydrogen-bond donors (Lipinski definition) is 0. The Morgan fingerprint density at radius 3 is 3.15 bits per heavy atom. The van der Waals surface area contributed by atoms with E-state index in [0.717, 1.165) is 13.1 Å². The molecule has 0 N–H and O–H groups in total. The molecule has 2 rings (SSSR count). The van der Waals surface area contributed by atoms with E-state index < -0.39 is 0 Å². The molecule has 0 saturated carbocycles. The van der Waals surface area contributed by atoms with Crippen LogP contribution in [0.1, 0.15) is 6.92 Å². The van der Waals surface area contributed by atoms with Gasteiger partial charge in [0.2, 0.25) is 0 Å². The maximum absolute atomic E-state index is 4.12. The van der Waals surface area contributed by atoms with Gasteiger partial charge >= 0.3 is 0 Å². The predicted molar refractivity (Wildman–Crippen MR) is 54.8 cm³/mol. The topological polar surface area (TPSA) is 16.1 Å². The molecule has 0 spiro atoms. The average molecular weight is 174 g/mol. The Morgan fingerprint density at radius 2 is 2.46 bits per heavy atom. The molecule has 0 aliphatic carbocycles. The quantitative estimate of drug-likeness (QED) is 0.606. The van der Waals surface area contributed by atoms with Gasteiger partial charge in [0.25, 0.3) is 0 Å². The molecule has 2 nitrogen and oxygen atoms in total. The van der Waals surface area contributed by atoms with Crippen molar-refractivity contribution in [1.82, 2.24) is 4.98 Å². The molecule has 2 heterocycles. The first-order valence-electron chi connectivity index (χ1n) is 4.68. The second kappa shape index (κ2) is 3.60. The third-order valence-electron chi connectivity index (χ3n) is 2.31. The fourth-order valence-corrected chi connectivity index (χ4v) is 1.66. The molecule has 1 aromatic heterocycles. The van der Waals surface area contributed by atoms with Crippen LogP contribution >= 0.6 is 0 Å². The van der Waals surface area contributed by atoms with E-state index in [4.69, 9.17) is 0 Å². The Labute approximate surface area is 78.9 Å². The first-order valence-corrected chi connectivity index (χ1v) is 4.68. The standard InChI is InChI=1S/C11H14N2/c1-10-4-3-7-13(9-10)11-5-2-6-12-8-11/h2-6,8,10H,7,9H2,1H3. The van der Waals surface area contributed by atoms with Crippen LogP contribution < -0.4 is 4.90 Å². The monoisotopic (exact) mass is 174 g/mol. The Morgan fingerprint density at radius 1 is 1.54 bits per heavy atom. The highest BCUT2D eigenvalue weighted by atomic mass is 15.1. The summed E-state index contributed by atoms with van der Waals surface area (Å²) in [7, 11) is 0. The predicted octanol–water partition coefficient (Wildman–Crippen LogP) is 2.09. The molecule has 1 atom stereocenters. The van der Waals surface area contributed by atoms with Crippen molar-refractivity contribution in [2.45, 2.75) is 6.92 Å². The molecular formula is C11H14N2. The number of nitrogens with zero attached hydrogens (tertiary/aromatic N) is 2. The molecule has 1 aromatic rings. The molecule has 1 unspecified atom stereocenters. The lowest BCUT2D eigenvalue weighted by molar-refractivity contribution is 0.659. The van der Waals surface area contributed by atoms with E-state index >= 15 is 0 Å². The maximum atomic E-state index is 4.12. The molecule has 0 aromatic carbocycles. The van der Waals surface area contributed by atoms with Crippen LogP contribution in [-0.4, -0.2) is 18.1 Å².